The molecular formula is C18H21N. The van der Waals surface area contributed by atoms with Gasteiger partial charge in [-0.3, -0.25) is 4.98 Å². The SMILES string of the molecule is CC.Cc1cncc(C#CCCc2ccccc2)c1. The van der Waals surface area contributed by atoms with Crippen LogP contribution in [0.4, 0.5) is 0 Å². The van der Waals surface area contributed by atoms with Crippen molar-refractivity contribution in [2.75, 3.05) is 0 Å². The van der Waals surface area contributed by atoms with Gasteiger partial charge in [0.2, 0.25) is 0 Å². The zero-order valence-electron chi connectivity index (χ0n) is 12.0. The first-order valence-electron chi connectivity index (χ1n) is 6.79. The molecular weight excluding hydrogens is 230 g/mol. The molecule has 0 unspecified atom stereocenters. The lowest BCUT2D eigenvalue weighted by Crippen LogP contribution is -1.83. The van der Waals surface area contributed by atoms with Crippen molar-refractivity contribution in [1.29, 1.82) is 0 Å². The molecule has 2 rings (SSSR count). The van der Waals surface area contributed by atoms with Crippen LogP contribution in [0.25, 0.3) is 0 Å². The van der Waals surface area contributed by atoms with Gasteiger partial charge in [0.15, 0.2) is 0 Å². The van der Waals surface area contributed by atoms with E-state index in [-0.39, 0.29) is 0 Å². The van der Waals surface area contributed by atoms with E-state index in [1.807, 2.05) is 39.2 Å². The number of aromatic nitrogens is 1. The van der Waals surface area contributed by atoms with Gasteiger partial charge >= 0.3 is 0 Å². The fourth-order valence-electron chi connectivity index (χ4n) is 1.64. The maximum atomic E-state index is 4.12. The van der Waals surface area contributed by atoms with Gasteiger partial charge in [0.1, 0.15) is 0 Å². The van der Waals surface area contributed by atoms with E-state index in [1.165, 1.54) is 5.56 Å². The summed E-state index contributed by atoms with van der Waals surface area (Å²) in [6, 6.07) is 12.5. The molecule has 0 atom stereocenters. The summed E-state index contributed by atoms with van der Waals surface area (Å²) in [4.78, 5) is 4.12. The van der Waals surface area contributed by atoms with Gasteiger partial charge in [-0.1, -0.05) is 56.0 Å². The number of pyridine rings is 1. The summed E-state index contributed by atoms with van der Waals surface area (Å²) in [7, 11) is 0. The van der Waals surface area contributed by atoms with Crippen LogP contribution in [0.2, 0.25) is 0 Å². The van der Waals surface area contributed by atoms with Gasteiger partial charge in [-0.05, 0) is 30.5 Å². The van der Waals surface area contributed by atoms with Crippen LogP contribution in [-0.2, 0) is 6.42 Å². The number of rotatable bonds is 2. The van der Waals surface area contributed by atoms with Crippen molar-refractivity contribution in [1.82, 2.24) is 4.98 Å². The van der Waals surface area contributed by atoms with Crippen molar-refractivity contribution in [2.24, 2.45) is 0 Å². The average molecular weight is 251 g/mol. The first kappa shape index (κ1) is 15.0. The molecule has 19 heavy (non-hydrogen) atoms. The van der Waals surface area contributed by atoms with E-state index in [0.29, 0.717) is 0 Å². The molecule has 0 aliphatic heterocycles. The summed E-state index contributed by atoms with van der Waals surface area (Å²) < 4.78 is 0. The van der Waals surface area contributed by atoms with Crippen molar-refractivity contribution in [3.63, 3.8) is 0 Å². The van der Waals surface area contributed by atoms with Crippen LogP contribution in [0.3, 0.4) is 0 Å². The molecule has 0 saturated heterocycles. The molecule has 1 nitrogen and oxygen atoms in total. The normalized spacial score (nSPS) is 8.79. The van der Waals surface area contributed by atoms with Gasteiger partial charge < -0.3 is 0 Å². The minimum atomic E-state index is 0.887. The summed E-state index contributed by atoms with van der Waals surface area (Å²) in [6.07, 6.45) is 5.54. The molecule has 0 aliphatic rings. The third kappa shape index (κ3) is 5.88. The summed E-state index contributed by atoms with van der Waals surface area (Å²) in [5, 5.41) is 0. The first-order valence-corrected chi connectivity index (χ1v) is 6.79. The molecule has 1 aromatic carbocycles. The van der Waals surface area contributed by atoms with E-state index < -0.39 is 0 Å². The molecule has 0 bridgehead atoms. The Morgan fingerprint density at radius 2 is 1.79 bits per heavy atom. The van der Waals surface area contributed by atoms with Crippen LogP contribution in [-0.4, -0.2) is 4.98 Å². The Labute approximate surface area is 116 Å². The molecule has 1 heterocycles. The Balaban J connectivity index is 0.000000861. The van der Waals surface area contributed by atoms with Gasteiger partial charge in [0.05, 0.1) is 0 Å². The quantitative estimate of drug-likeness (QED) is 0.721. The molecule has 0 N–H and O–H groups in total. The minimum absolute atomic E-state index is 0.887. The number of hydrogen-bond acceptors (Lipinski definition) is 1. The molecule has 0 amide bonds. The Hall–Kier alpha value is -2.07. The predicted molar refractivity (Wildman–Crippen MR) is 82.0 cm³/mol. The zero-order chi connectivity index (χ0) is 13.9. The Kier molecular flexibility index (Phi) is 7.05. The maximum absolute atomic E-state index is 4.12. The van der Waals surface area contributed by atoms with Crippen LogP contribution in [0.1, 0.15) is 37.0 Å². The topological polar surface area (TPSA) is 12.9 Å². The highest BCUT2D eigenvalue weighted by Gasteiger charge is 1.89. The molecule has 98 valence electrons. The molecule has 0 aliphatic carbocycles. The van der Waals surface area contributed by atoms with Crippen molar-refractivity contribution < 1.29 is 0 Å². The van der Waals surface area contributed by atoms with Crippen molar-refractivity contribution in [3.8, 4) is 11.8 Å². The van der Waals surface area contributed by atoms with E-state index in [0.717, 1.165) is 24.0 Å². The van der Waals surface area contributed by atoms with E-state index >= 15 is 0 Å². The highest BCUT2D eigenvalue weighted by molar-refractivity contribution is 5.34. The van der Waals surface area contributed by atoms with Crippen molar-refractivity contribution >= 4 is 0 Å². The van der Waals surface area contributed by atoms with Crippen LogP contribution < -0.4 is 0 Å². The summed E-state index contributed by atoms with van der Waals surface area (Å²) >= 11 is 0. The number of benzene rings is 1. The van der Waals surface area contributed by atoms with Gasteiger partial charge in [-0.2, -0.15) is 0 Å². The molecule has 1 aromatic heterocycles. The van der Waals surface area contributed by atoms with E-state index in [1.54, 1.807) is 0 Å². The lowest BCUT2D eigenvalue weighted by molar-refractivity contribution is 1.03. The second kappa shape index (κ2) is 8.94. The number of hydrogen-bond donors (Lipinski definition) is 0. The fraction of sp³-hybridized carbons (Fsp3) is 0.278. The maximum Gasteiger partial charge on any atom is 0.0431 e. The Morgan fingerprint density at radius 3 is 2.47 bits per heavy atom. The molecule has 2 aromatic rings. The summed E-state index contributed by atoms with van der Waals surface area (Å²) in [5.74, 6) is 6.33. The molecule has 0 spiro atoms. The Morgan fingerprint density at radius 1 is 1.05 bits per heavy atom. The van der Waals surface area contributed by atoms with E-state index in [2.05, 4.69) is 47.2 Å². The zero-order valence-corrected chi connectivity index (χ0v) is 12.0. The predicted octanol–water partition coefficient (Wildman–Crippen LogP) is 4.40. The van der Waals surface area contributed by atoms with E-state index in [4.69, 9.17) is 0 Å². The Bertz CT molecular complexity index is 532. The standard InChI is InChI=1S/C16H15N.C2H6/c1-14-11-16(13-17-12-14)10-6-5-9-15-7-3-2-4-8-15;1-2/h2-4,7-8,11-13H,5,9H2,1H3;1-2H3. The molecule has 0 saturated carbocycles. The average Bonchev–Trinajstić information content (AvgIpc) is 2.47. The lowest BCUT2D eigenvalue weighted by Gasteiger charge is -1.95. The number of aryl methyl sites for hydroxylation is 2. The highest BCUT2D eigenvalue weighted by Crippen LogP contribution is 2.02. The third-order valence-corrected chi connectivity index (χ3v) is 2.49. The van der Waals surface area contributed by atoms with Gasteiger partial charge in [0.25, 0.3) is 0 Å². The smallest absolute Gasteiger partial charge is 0.0431 e. The minimum Gasteiger partial charge on any atom is -0.263 e. The molecule has 0 fully saturated rings. The first-order chi connectivity index (χ1) is 9.34. The van der Waals surface area contributed by atoms with Gasteiger partial charge in [-0.15, -0.1) is 0 Å². The number of nitrogens with zero attached hydrogens (tertiary/aromatic N) is 1. The lowest BCUT2D eigenvalue weighted by atomic mass is 10.1. The molecule has 1 heteroatoms. The summed E-state index contributed by atoms with van der Waals surface area (Å²) in [6.45, 7) is 6.03. The van der Waals surface area contributed by atoms with Crippen molar-refractivity contribution in [3.05, 3.63) is 65.5 Å². The van der Waals surface area contributed by atoms with Gasteiger partial charge in [-0.25, -0.2) is 0 Å². The van der Waals surface area contributed by atoms with Gasteiger partial charge in [0, 0.05) is 24.4 Å². The largest absolute Gasteiger partial charge is 0.263 e. The van der Waals surface area contributed by atoms with Crippen LogP contribution in [0, 0.1) is 18.8 Å². The fourth-order valence-corrected chi connectivity index (χ4v) is 1.64. The van der Waals surface area contributed by atoms with Crippen molar-refractivity contribution in [2.45, 2.75) is 33.6 Å². The van der Waals surface area contributed by atoms with Crippen LogP contribution in [0.15, 0.2) is 48.8 Å². The van der Waals surface area contributed by atoms with Crippen LogP contribution in [0.5, 0.6) is 0 Å². The summed E-state index contributed by atoms with van der Waals surface area (Å²) in [5.41, 5.74) is 3.49. The van der Waals surface area contributed by atoms with Crippen LogP contribution >= 0.6 is 0 Å². The second-order valence-corrected chi connectivity index (χ2v) is 4.04. The van der Waals surface area contributed by atoms with E-state index in [9.17, 15) is 0 Å². The molecule has 0 radical (unpaired) electrons. The highest BCUT2D eigenvalue weighted by atomic mass is 14.6. The second-order valence-electron chi connectivity index (χ2n) is 4.04. The monoisotopic (exact) mass is 251 g/mol. The third-order valence-electron chi connectivity index (χ3n) is 2.49.